The maximum Gasteiger partial charge on any atom is 0.308 e. The van der Waals surface area contributed by atoms with Gasteiger partial charge in [-0.25, -0.2) is 0 Å². The smallest absolute Gasteiger partial charge is 0.308 e. The molecular weight excluding hydrogens is 172 g/mol. The molecule has 0 amide bonds. The Morgan fingerprint density at radius 1 is 1.50 bits per heavy atom. The van der Waals surface area contributed by atoms with Crippen LogP contribution in [0.2, 0.25) is 0 Å². The fourth-order valence-electron chi connectivity index (χ4n) is 0.692. The van der Waals surface area contributed by atoms with Gasteiger partial charge in [0.05, 0.1) is 12.0 Å². The number of carbonyl (C=O) groups is 1. The first-order valence-electron chi connectivity index (χ1n) is 4.40. The van der Waals surface area contributed by atoms with Gasteiger partial charge in [0, 0.05) is 5.75 Å². The Kier molecular flexibility index (Phi) is 6.25. The molecule has 0 saturated heterocycles. The molecule has 71 valence electrons. The van der Waals surface area contributed by atoms with Crippen molar-refractivity contribution in [3.63, 3.8) is 0 Å². The molecule has 0 saturated carbocycles. The lowest BCUT2D eigenvalue weighted by molar-refractivity contribution is -0.152. The fraction of sp³-hybridized carbons (Fsp3) is 0.889. The summed E-state index contributed by atoms with van der Waals surface area (Å²) < 4.78 is 5.13. The second-order valence-electron chi connectivity index (χ2n) is 3.05. The summed E-state index contributed by atoms with van der Waals surface area (Å²) in [5.41, 5.74) is 0. The van der Waals surface area contributed by atoms with Crippen LogP contribution < -0.4 is 0 Å². The van der Waals surface area contributed by atoms with Crippen LogP contribution in [0, 0.1) is 5.92 Å². The van der Waals surface area contributed by atoms with Crippen molar-refractivity contribution in [3.8, 4) is 0 Å². The zero-order valence-electron chi connectivity index (χ0n) is 8.00. The second-order valence-corrected chi connectivity index (χ2v) is 3.46. The second kappa shape index (κ2) is 6.35. The Bertz CT molecular complexity index is 136. The quantitative estimate of drug-likeness (QED) is 0.621. The molecule has 0 fully saturated rings. The summed E-state index contributed by atoms with van der Waals surface area (Å²) in [6.45, 7) is 5.75. The normalized spacial score (nSPS) is 15.3. The summed E-state index contributed by atoms with van der Waals surface area (Å²) in [5, 5.41) is 0. The van der Waals surface area contributed by atoms with Crippen LogP contribution in [0.4, 0.5) is 0 Å². The molecular formula is C9H17O2S. The van der Waals surface area contributed by atoms with Crippen molar-refractivity contribution in [3.05, 3.63) is 0 Å². The largest absolute Gasteiger partial charge is 0.462 e. The van der Waals surface area contributed by atoms with Crippen molar-refractivity contribution in [1.29, 1.82) is 0 Å². The van der Waals surface area contributed by atoms with Gasteiger partial charge in [-0.3, -0.25) is 4.79 Å². The molecule has 1 radical (unpaired) electrons. The van der Waals surface area contributed by atoms with E-state index in [1.165, 1.54) is 0 Å². The van der Waals surface area contributed by atoms with E-state index in [9.17, 15) is 4.79 Å². The molecule has 0 heterocycles. The lowest BCUT2D eigenvalue weighted by Crippen LogP contribution is -2.20. The van der Waals surface area contributed by atoms with Gasteiger partial charge in [-0.1, -0.05) is 26.5 Å². The number of ether oxygens (including phenoxy) is 1. The molecule has 2 nitrogen and oxygen atoms in total. The molecule has 0 aliphatic rings. The molecule has 0 bridgehead atoms. The summed E-state index contributed by atoms with van der Waals surface area (Å²) in [7, 11) is 0. The monoisotopic (exact) mass is 189 g/mol. The molecule has 0 N–H and O–H groups in total. The lowest BCUT2D eigenvalue weighted by Gasteiger charge is -2.14. The Hall–Kier alpha value is -0.180. The molecule has 12 heavy (non-hydrogen) atoms. The van der Waals surface area contributed by atoms with Crippen LogP contribution in [0.5, 0.6) is 0 Å². The summed E-state index contributed by atoms with van der Waals surface area (Å²) >= 11 is 4.78. The van der Waals surface area contributed by atoms with Gasteiger partial charge in [-0.15, -0.1) is 0 Å². The van der Waals surface area contributed by atoms with E-state index in [0.717, 1.165) is 12.8 Å². The number of carbonyl (C=O) groups excluding carboxylic acids is 1. The highest BCUT2D eigenvalue weighted by atomic mass is 32.1. The topological polar surface area (TPSA) is 26.3 Å². The highest BCUT2D eigenvalue weighted by Gasteiger charge is 2.15. The maximum absolute atomic E-state index is 11.2. The maximum atomic E-state index is 11.2. The first-order chi connectivity index (χ1) is 5.61. The molecule has 0 aromatic rings. The van der Waals surface area contributed by atoms with Gasteiger partial charge in [0.15, 0.2) is 0 Å². The lowest BCUT2D eigenvalue weighted by atomic mass is 10.1. The van der Waals surface area contributed by atoms with Gasteiger partial charge in [-0.05, 0) is 19.8 Å². The van der Waals surface area contributed by atoms with E-state index in [1.807, 2.05) is 20.8 Å². The minimum atomic E-state index is -0.116. The van der Waals surface area contributed by atoms with Crippen LogP contribution in [0.1, 0.15) is 33.6 Å². The van der Waals surface area contributed by atoms with E-state index in [-0.39, 0.29) is 18.0 Å². The van der Waals surface area contributed by atoms with Crippen LogP contribution in [-0.2, 0) is 9.53 Å². The third-order valence-corrected chi connectivity index (χ3v) is 2.08. The first kappa shape index (κ1) is 11.8. The van der Waals surface area contributed by atoms with Crippen molar-refractivity contribution in [1.82, 2.24) is 0 Å². The molecule has 0 aliphatic heterocycles. The van der Waals surface area contributed by atoms with Crippen molar-refractivity contribution < 1.29 is 9.53 Å². The molecule has 0 aromatic carbocycles. The highest BCUT2D eigenvalue weighted by Crippen LogP contribution is 2.08. The average Bonchev–Trinajstić information content (AvgIpc) is 2.04. The Morgan fingerprint density at radius 2 is 2.08 bits per heavy atom. The molecule has 0 rings (SSSR count). The van der Waals surface area contributed by atoms with E-state index < -0.39 is 0 Å². The van der Waals surface area contributed by atoms with E-state index in [2.05, 4.69) is 0 Å². The zero-order valence-corrected chi connectivity index (χ0v) is 8.82. The molecule has 0 aromatic heterocycles. The van der Waals surface area contributed by atoms with Crippen LogP contribution in [0.25, 0.3) is 0 Å². The van der Waals surface area contributed by atoms with Crippen LogP contribution in [0.3, 0.4) is 0 Å². The highest BCUT2D eigenvalue weighted by molar-refractivity contribution is 7.80. The minimum absolute atomic E-state index is 0.0325. The number of hydrogen-bond donors (Lipinski definition) is 0. The fourth-order valence-corrected chi connectivity index (χ4v) is 1.05. The summed E-state index contributed by atoms with van der Waals surface area (Å²) in [5.74, 6) is 0.460. The third kappa shape index (κ3) is 4.65. The number of hydrogen-bond acceptors (Lipinski definition) is 2. The molecule has 0 aliphatic carbocycles. The van der Waals surface area contributed by atoms with Crippen molar-refractivity contribution >= 4 is 18.6 Å². The summed E-state index contributed by atoms with van der Waals surface area (Å²) in [6, 6.07) is 0. The van der Waals surface area contributed by atoms with Gasteiger partial charge in [-0.2, -0.15) is 0 Å². The van der Waals surface area contributed by atoms with Gasteiger partial charge < -0.3 is 4.74 Å². The van der Waals surface area contributed by atoms with Crippen molar-refractivity contribution in [2.24, 2.45) is 5.92 Å². The van der Waals surface area contributed by atoms with Gasteiger partial charge in [0.2, 0.25) is 0 Å². The minimum Gasteiger partial charge on any atom is -0.462 e. The predicted octanol–water partition coefficient (Wildman–Crippen LogP) is 2.55. The zero-order chi connectivity index (χ0) is 9.56. The van der Waals surface area contributed by atoms with Gasteiger partial charge in [0.1, 0.15) is 0 Å². The molecule has 2 unspecified atom stereocenters. The van der Waals surface area contributed by atoms with E-state index >= 15 is 0 Å². The van der Waals surface area contributed by atoms with E-state index in [0.29, 0.717) is 5.75 Å². The molecule has 3 heteroatoms. The Morgan fingerprint density at radius 3 is 2.50 bits per heavy atom. The van der Waals surface area contributed by atoms with Crippen LogP contribution >= 0.6 is 12.6 Å². The summed E-state index contributed by atoms with van der Waals surface area (Å²) in [6.07, 6.45) is 1.64. The van der Waals surface area contributed by atoms with Gasteiger partial charge >= 0.3 is 5.97 Å². The third-order valence-electron chi connectivity index (χ3n) is 1.85. The van der Waals surface area contributed by atoms with Crippen LogP contribution in [0.15, 0.2) is 0 Å². The number of rotatable bonds is 5. The van der Waals surface area contributed by atoms with Crippen molar-refractivity contribution in [2.45, 2.75) is 39.7 Å². The predicted molar refractivity (Wildman–Crippen MR) is 52.1 cm³/mol. The van der Waals surface area contributed by atoms with E-state index in [1.54, 1.807) is 0 Å². The average molecular weight is 189 g/mol. The Balaban J connectivity index is 3.70. The Labute approximate surface area is 80.1 Å². The summed E-state index contributed by atoms with van der Waals surface area (Å²) in [4.78, 5) is 11.2. The standard InChI is InChI=1S/C9H17O2S/c1-4-8(3)11-9(10)7(2)5-6-12/h7-8H,4-6H2,1-3H3. The molecule has 0 spiro atoms. The van der Waals surface area contributed by atoms with Gasteiger partial charge in [0.25, 0.3) is 0 Å². The van der Waals surface area contributed by atoms with Crippen molar-refractivity contribution in [2.75, 3.05) is 5.75 Å². The molecule has 2 atom stereocenters. The van der Waals surface area contributed by atoms with Crippen LogP contribution in [-0.4, -0.2) is 17.8 Å². The first-order valence-corrected chi connectivity index (χ1v) is 4.98. The SMILES string of the molecule is CCC(C)OC(=O)C(C)CC[S]. The number of esters is 1. The van der Waals surface area contributed by atoms with E-state index in [4.69, 9.17) is 17.4 Å².